The second kappa shape index (κ2) is 8.27. The molecule has 0 atom stereocenters. The average molecular weight is 360 g/mol. The molecule has 25 heavy (non-hydrogen) atoms. The molecule has 0 aliphatic carbocycles. The Balaban J connectivity index is 1.54. The fourth-order valence-corrected chi connectivity index (χ4v) is 2.90. The first-order chi connectivity index (χ1) is 12.2. The predicted octanol–water partition coefficient (Wildman–Crippen LogP) is 2.20. The van der Waals surface area contributed by atoms with E-state index in [-0.39, 0.29) is 5.91 Å². The zero-order valence-corrected chi connectivity index (χ0v) is 15.0. The average Bonchev–Trinajstić information content (AvgIpc) is 2.67. The predicted molar refractivity (Wildman–Crippen MR) is 99.0 cm³/mol. The number of nitrogens with zero attached hydrogens (tertiary/aromatic N) is 4. The van der Waals surface area contributed by atoms with Gasteiger partial charge in [0.25, 0.3) is 5.91 Å². The number of aromatic nitrogens is 2. The van der Waals surface area contributed by atoms with Crippen molar-refractivity contribution in [1.29, 1.82) is 0 Å². The van der Waals surface area contributed by atoms with E-state index in [0.717, 1.165) is 44.1 Å². The number of anilines is 1. The van der Waals surface area contributed by atoms with Gasteiger partial charge in [0.1, 0.15) is 11.5 Å². The molecular formula is C18H22ClN5O. The van der Waals surface area contributed by atoms with E-state index in [0.29, 0.717) is 17.3 Å². The number of hydrogen-bond donors (Lipinski definition) is 1. The molecule has 0 saturated carbocycles. The van der Waals surface area contributed by atoms with Crippen LogP contribution >= 0.6 is 11.6 Å². The maximum absolute atomic E-state index is 12.2. The summed E-state index contributed by atoms with van der Waals surface area (Å²) in [6.45, 7) is 7.61. The topological polar surface area (TPSA) is 61.4 Å². The number of amides is 1. The van der Waals surface area contributed by atoms with Crippen LogP contribution in [0.25, 0.3) is 0 Å². The van der Waals surface area contributed by atoms with E-state index in [4.69, 9.17) is 11.6 Å². The minimum atomic E-state index is -0.232. The summed E-state index contributed by atoms with van der Waals surface area (Å²) in [7, 11) is 0. The zero-order valence-electron chi connectivity index (χ0n) is 14.3. The van der Waals surface area contributed by atoms with Crippen molar-refractivity contribution in [1.82, 2.24) is 20.2 Å². The fourth-order valence-electron chi connectivity index (χ4n) is 2.77. The van der Waals surface area contributed by atoms with Crippen molar-refractivity contribution < 1.29 is 4.79 Å². The Kier molecular flexibility index (Phi) is 5.83. The Hall–Kier alpha value is -2.18. The van der Waals surface area contributed by atoms with Gasteiger partial charge in [-0.1, -0.05) is 30.7 Å². The molecule has 0 spiro atoms. The van der Waals surface area contributed by atoms with Crippen LogP contribution in [0, 0.1) is 0 Å². The lowest BCUT2D eigenvalue weighted by atomic mass is 10.2. The standard InChI is InChI=1S/C18H22ClN5O/c1-2-23-7-9-24(10-8-23)17-13-20-16(12-21-17)18(25)22-11-14-3-5-15(19)6-4-14/h3-6,12-13H,2,7-11H2,1H3,(H,22,25). The van der Waals surface area contributed by atoms with E-state index in [1.165, 1.54) is 0 Å². The quantitative estimate of drug-likeness (QED) is 0.886. The molecular weight excluding hydrogens is 338 g/mol. The van der Waals surface area contributed by atoms with E-state index in [9.17, 15) is 4.79 Å². The Labute approximate surface area is 152 Å². The first kappa shape index (κ1) is 17.6. The van der Waals surface area contributed by atoms with Crippen molar-refractivity contribution in [2.45, 2.75) is 13.5 Å². The van der Waals surface area contributed by atoms with Gasteiger partial charge in [0.05, 0.1) is 12.4 Å². The molecule has 7 heteroatoms. The number of rotatable bonds is 5. The van der Waals surface area contributed by atoms with E-state index in [1.807, 2.05) is 12.1 Å². The van der Waals surface area contributed by atoms with Crippen LogP contribution in [0.5, 0.6) is 0 Å². The Morgan fingerprint density at radius 2 is 1.84 bits per heavy atom. The summed E-state index contributed by atoms with van der Waals surface area (Å²) in [5.74, 6) is 0.592. The highest BCUT2D eigenvalue weighted by Gasteiger charge is 2.17. The monoisotopic (exact) mass is 359 g/mol. The molecule has 0 bridgehead atoms. The Bertz CT molecular complexity index is 696. The van der Waals surface area contributed by atoms with Crippen molar-refractivity contribution in [2.75, 3.05) is 37.6 Å². The normalized spacial score (nSPS) is 15.2. The van der Waals surface area contributed by atoms with Gasteiger partial charge in [-0.2, -0.15) is 0 Å². The third-order valence-electron chi connectivity index (χ3n) is 4.38. The number of hydrogen-bond acceptors (Lipinski definition) is 5. The Morgan fingerprint density at radius 3 is 2.44 bits per heavy atom. The summed E-state index contributed by atoms with van der Waals surface area (Å²) >= 11 is 5.85. The van der Waals surface area contributed by atoms with Gasteiger partial charge in [0, 0.05) is 37.7 Å². The number of benzene rings is 1. The lowest BCUT2D eigenvalue weighted by molar-refractivity contribution is 0.0945. The Morgan fingerprint density at radius 1 is 1.12 bits per heavy atom. The summed E-state index contributed by atoms with van der Waals surface area (Å²) in [5.41, 5.74) is 1.31. The van der Waals surface area contributed by atoms with Crippen LogP contribution < -0.4 is 10.2 Å². The number of halogens is 1. The number of nitrogens with one attached hydrogen (secondary N) is 1. The van der Waals surface area contributed by atoms with Crippen LogP contribution in [0.4, 0.5) is 5.82 Å². The first-order valence-corrected chi connectivity index (χ1v) is 8.85. The van der Waals surface area contributed by atoms with Crippen LogP contribution in [0.1, 0.15) is 23.0 Å². The van der Waals surface area contributed by atoms with Crippen LogP contribution in [-0.4, -0.2) is 53.5 Å². The molecule has 1 aliphatic heterocycles. The van der Waals surface area contributed by atoms with Gasteiger partial charge in [-0.25, -0.2) is 9.97 Å². The van der Waals surface area contributed by atoms with Crippen LogP contribution in [0.15, 0.2) is 36.7 Å². The minimum Gasteiger partial charge on any atom is -0.353 e. The molecule has 1 saturated heterocycles. The lowest BCUT2D eigenvalue weighted by Gasteiger charge is -2.34. The number of piperazine rings is 1. The summed E-state index contributed by atoms with van der Waals surface area (Å²) in [4.78, 5) is 25.5. The molecule has 2 heterocycles. The molecule has 1 amide bonds. The fraction of sp³-hybridized carbons (Fsp3) is 0.389. The van der Waals surface area contributed by atoms with Gasteiger partial charge in [0.15, 0.2) is 0 Å². The van der Waals surface area contributed by atoms with E-state index >= 15 is 0 Å². The van der Waals surface area contributed by atoms with Crippen LogP contribution in [0.2, 0.25) is 5.02 Å². The van der Waals surface area contributed by atoms with Gasteiger partial charge in [-0.05, 0) is 24.2 Å². The number of likely N-dealkylation sites (N-methyl/N-ethyl adjacent to an activating group) is 1. The second-order valence-electron chi connectivity index (χ2n) is 5.99. The molecule has 1 fully saturated rings. The van der Waals surface area contributed by atoms with E-state index < -0.39 is 0 Å². The summed E-state index contributed by atoms with van der Waals surface area (Å²) < 4.78 is 0. The number of carbonyl (C=O) groups is 1. The maximum atomic E-state index is 12.2. The number of carbonyl (C=O) groups excluding carboxylic acids is 1. The van der Waals surface area contributed by atoms with Crippen molar-refractivity contribution in [3.05, 3.63) is 52.9 Å². The van der Waals surface area contributed by atoms with Gasteiger partial charge < -0.3 is 15.1 Å². The van der Waals surface area contributed by atoms with E-state index in [1.54, 1.807) is 24.5 Å². The summed E-state index contributed by atoms with van der Waals surface area (Å²) in [5, 5.41) is 3.52. The molecule has 1 aliphatic rings. The molecule has 1 aromatic carbocycles. The van der Waals surface area contributed by atoms with Gasteiger partial charge >= 0.3 is 0 Å². The minimum absolute atomic E-state index is 0.232. The highest BCUT2D eigenvalue weighted by atomic mass is 35.5. The largest absolute Gasteiger partial charge is 0.353 e. The molecule has 3 rings (SSSR count). The first-order valence-electron chi connectivity index (χ1n) is 8.47. The SMILES string of the molecule is CCN1CCN(c2cnc(C(=O)NCc3ccc(Cl)cc3)cn2)CC1. The molecule has 0 radical (unpaired) electrons. The van der Waals surface area contributed by atoms with E-state index in [2.05, 4.69) is 32.0 Å². The zero-order chi connectivity index (χ0) is 17.6. The lowest BCUT2D eigenvalue weighted by Crippen LogP contribution is -2.46. The van der Waals surface area contributed by atoms with Crippen molar-refractivity contribution in [3.63, 3.8) is 0 Å². The highest BCUT2D eigenvalue weighted by Crippen LogP contribution is 2.13. The maximum Gasteiger partial charge on any atom is 0.271 e. The summed E-state index contributed by atoms with van der Waals surface area (Å²) in [6, 6.07) is 7.37. The molecule has 2 aromatic rings. The van der Waals surface area contributed by atoms with Crippen molar-refractivity contribution in [2.24, 2.45) is 0 Å². The molecule has 1 N–H and O–H groups in total. The molecule has 132 valence electrons. The molecule has 6 nitrogen and oxygen atoms in total. The molecule has 1 aromatic heterocycles. The molecule has 0 unspecified atom stereocenters. The van der Waals surface area contributed by atoms with Crippen LogP contribution in [0.3, 0.4) is 0 Å². The van der Waals surface area contributed by atoms with Crippen LogP contribution in [-0.2, 0) is 6.54 Å². The highest BCUT2D eigenvalue weighted by molar-refractivity contribution is 6.30. The third kappa shape index (κ3) is 4.67. The van der Waals surface area contributed by atoms with Crippen molar-refractivity contribution >= 4 is 23.3 Å². The van der Waals surface area contributed by atoms with Gasteiger partial charge in [-0.15, -0.1) is 0 Å². The second-order valence-corrected chi connectivity index (χ2v) is 6.43. The third-order valence-corrected chi connectivity index (χ3v) is 4.63. The van der Waals surface area contributed by atoms with Gasteiger partial charge in [-0.3, -0.25) is 4.79 Å². The summed E-state index contributed by atoms with van der Waals surface area (Å²) in [6.07, 6.45) is 3.22. The smallest absolute Gasteiger partial charge is 0.271 e. The van der Waals surface area contributed by atoms with Gasteiger partial charge in [0.2, 0.25) is 0 Å². The van der Waals surface area contributed by atoms with Crippen molar-refractivity contribution in [3.8, 4) is 0 Å².